The van der Waals surface area contributed by atoms with E-state index in [0.29, 0.717) is 17.1 Å². The molecule has 16 heavy (non-hydrogen) atoms. The highest BCUT2D eigenvalue weighted by molar-refractivity contribution is 5.49. The molecule has 0 amide bonds. The molecule has 0 aliphatic carbocycles. The predicted molar refractivity (Wildman–Crippen MR) is 64.2 cm³/mol. The molecule has 1 aromatic rings. The molecular formula is C13H20O3. The van der Waals surface area contributed by atoms with Gasteiger partial charge in [0.2, 0.25) is 0 Å². The van der Waals surface area contributed by atoms with Crippen molar-refractivity contribution in [2.75, 3.05) is 14.2 Å². The molecule has 0 heterocycles. The van der Waals surface area contributed by atoms with Crippen molar-refractivity contribution in [2.45, 2.75) is 32.8 Å². The van der Waals surface area contributed by atoms with E-state index in [0.717, 1.165) is 5.56 Å². The number of benzene rings is 1. The Bertz CT molecular complexity index is 339. The van der Waals surface area contributed by atoms with Gasteiger partial charge >= 0.3 is 0 Å². The molecule has 0 unspecified atom stereocenters. The molecule has 0 radical (unpaired) electrons. The van der Waals surface area contributed by atoms with E-state index in [2.05, 4.69) is 20.8 Å². The first-order valence-electron chi connectivity index (χ1n) is 5.30. The Morgan fingerprint density at radius 3 is 1.75 bits per heavy atom. The van der Waals surface area contributed by atoms with Crippen LogP contribution in [0.2, 0.25) is 0 Å². The molecule has 0 aliphatic rings. The first-order chi connectivity index (χ1) is 7.43. The van der Waals surface area contributed by atoms with Crippen LogP contribution in [-0.4, -0.2) is 19.3 Å². The van der Waals surface area contributed by atoms with Crippen LogP contribution >= 0.6 is 0 Å². The number of methoxy groups -OCH3 is 2. The molecule has 1 N–H and O–H groups in total. The van der Waals surface area contributed by atoms with Crippen molar-refractivity contribution >= 4 is 0 Å². The van der Waals surface area contributed by atoms with Gasteiger partial charge in [-0.15, -0.1) is 0 Å². The lowest BCUT2D eigenvalue weighted by atomic mass is 9.86. The number of aliphatic hydroxyl groups is 1. The first kappa shape index (κ1) is 12.8. The van der Waals surface area contributed by atoms with E-state index in [1.165, 1.54) is 0 Å². The lowest BCUT2D eigenvalue weighted by Gasteiger charge is -2.22. The minimum Gasteiger partial charge on any atom is -0.496 e. The quantitative estimate of drug-likeness (QED) is 0.857. The Balaban J connectivity index is 3.37. The molecule has 1 aromatic carbocycles. The third-order valence-electron chi connectivity index (χ3n) is 2.63. The lowest BCUT2D eigenvalue weighted by Crippen LogP contribution is -2.12. The highest BCUT2D eigenvalue weighted by Gasteiger charge is 2.19. The second-order valence-corrected chi connectivity index (χ2v) is 4.77. The van der Waals surface area contributed by atoms with Crippen LogP contribution in [0.4, 0.5) is 0 Å². The fraction of sp³-hybridized carbons (Fsp3) is 0.538. The van der Waals surface area contributed by atoms with Crippen molar-refractivity contribution in [3.8, 4) is 11.5 Å². The highest BCUT2D eigenvalue weighted by atomic mass is 16.5. The lowest BCUT2D eigenvalue weighted by molar-refractivity contribution is 0.264. The summed E-state index contributed by atoms with van der Waals surface area (Å²) in [5.74, 6) is 1.35. The summed E-state index contributed by atoms with van der Waals surface area (Å²) < 4.78 is 10.5. The van der Waals surface area contributed by atoms with E-state index in [1.54, 1.807) is 14.2 Å². The van der Waals surface area contributed by atoms with Gasteiger partial charge in [-0.3, -0.25) is 0 Å². The molecular weight excluding hydrogens is 204 g/mol. The number of hydrogen-bond donors (Lipinski definition) is 1. The van der Waals surface area contributed by atoms with Crippen molar-refractivity contribution in [1.82, 2.24) is 0 Å². The fourth-order valence-electron chi connectivity index (χ4n) is 1.57. The maximum absolute atomic E-state index is 9.30. The predicted octanol–water partition coefficient (Wildman–Crippen LogP) is 2.49. The first-order valence-corrected chi connectivity index (χ1v) is 5.30. The van der Waals surface area contributed by atoms with Gasteiger partial charge in [-0.25, -0.2) is 0 Å². The SMILES string of the molecule is COc1cc(C(C)(C)C)cc(OC)c1CO. The number of ether oxygens (including phenoxy) is 2. The summed E-state index contributed by atoms with van der Waals surface area (Å²) in [4.78, 5) is 0. The zero-order chi connectivity index (χ0) is 12.3. The monoisotopic (exact) mass is 224 g/mol. The molecule has 0 saturated heterocycles. The summed E-state index contributed by atoms with van der Waals surface area (Å²) in [6, 6.07) is 3.90. The molecule has 0 aromatic heterocycles. The number of aliphatic hydroxyl groups excluding tert-OH is 1. The van der Waals surface area contributed by atoms with Gasteiger partial charge < -0.3 is 14.6 Å². The second-order valence-electron chi connectivity index (χ2n) is 4.77. The molecule has 90 valence electrons. The smallest absolute Gasteiger partial charge is 0.128 e. The van der Waals surface area contributed by atoms with E-state index in [4.69, 9.17) is 9.47 Å². The largest absolute Gasteiger partial charge is 0.496 e. The second kappa shape index (κ2) is 4.74. The van der Waals surface area contributed by atoms with E-state index >= 15 is 0 Å². The van der Waals surface area contributed by atoms with Crippen LogP contribution < -0.4 is 9.47 Å². The zero-order valence-electron chi connectivity index (χ0n) is 10.6. The van der Waals surface area contributed by atoms with Gasteiger partial charge in [0.15, 0.2) is 0 Å². The molecule has 0 fully saturated rings. The van der Waals surface area contributed by atoms with Crippen molar-refractivity contribution in [3.63, 3.8) is 0 Å². The van der Waals surface area contributed by atoms with Crippen LogP contribution in [0.5, 0.6) is 11.5 Å². The Hall–Kier alpha value is -1.22. The van der Waals surface area contributed by atoms with Crippen LogP contribution in [0.15, 0.2) is 12.1 Å². The molecule has 3 nitrogen and oxygen atoms in total. The number of hydrogen-bond acceptors (Lipinski definition) is 3. The van der Waals surface area contributed by atoms with Gasteiger partial charge in [0.1, 0.15) is 11.5 Å². The van der Waals surface area contributed by atoms with Crippen molar-refractivity contribution < 1.29 is 14.6 Å². The topological polar surface area (TPSA) is 38.7 Å². The summed E-state index contributed by atoms with van der Waals surface area (Å²) >= 11 is 0. The maximum atomic E-state index is 9.30. The zero-order valence-corrected chi connectivity index (χ0v) is 10.6. The van der Waals surface area contributed by atoms with Crippen LogP contribution in [0.3, 0.4) is 0 Å². The number of rotatable bonds is 3. The fourth-order valence-corrected chi connectivity index (χ4v) is 1.57. The molecule has 3 heteroatoms. The molecule has 0 spiro atoms. The average molecular weight is 224 g/mol. The van der Waals surface area contributed by atoms with Gasteiger partial charge in [0.25, 0.3) is 0 Å². The van der Waals surface area contributed by atoms with Crippen LogP contribution in [-0.2, 0) is 12.0 Å². The summed E-state index contributed by atoms with van der Waals surface area (Å²) in [7, 11) is 3.20. The van der Waals surface area contributed by atoms with E-state index in [9.17, 15) is 5.11 Å². The third-order valence-corrected chi connectivity index (χ3v) is 2.63. The minimum absolute atomic E-state index is 0.0224. The molecule has 1 rings (SSSR count). The van der Waals surface area contributed by atoms with E-state index in [-0.39, 0.29) is 12.0 Å². The summed E-state index contributed by atoms with van der Waals surface area (Å²) in [6.45, 7) is 6.29. The van der Waals surface area contributed by atoms with Gasteiger partial charge in [-0.1, -0.05) is 20.8 Å². The van der Waals surface area contributed by atoms with Crippen molar-refractivity contribution in [2.24, 2.45) is 0 Å². The standard InChI is InChI=1S/C13H20O3/c1-13(2,3)9-6-11(15-4)10(8-14)12(7-9)16-5/h6-7,14H,8H2,1-5H3. The Morgan fingerprint density at radius 1 is 1.06 bits per heavy atom. The van der Waals surface area contributed by atoms with Gasteiger partial charge in [-0.05, 0) is 23.1 Å². The maximum Gasteiger partial charge on any atom is 0.128 e. The normalized spacial score (nSPS) is 11.4. The average Bonchev–Trinajstić information content (AvgIpc) is 2.25. The summed E-state index contributed by atoms with van der Waals surface area (Å²) in [5, 5.41) is 9.30. The minimum atomic E-state index is -0.0865. The van der Waals surface area contributed by atoms with Gasteiger partial charge in [0.05, 0.1) is 26.4 Å². The van der Waals surface area contributed by atoms with Crippen LogP contribution in [0.25, 0.3) is 0 Å². The molecule has 0 aliphatic heterocycles. The molecule has 0 bridgehead atoms. The third kappa shape index (κ3) is 2.47. The van der Waals surface area contributed by atoms with E-state index < -0.39 is 0 Å². The van der Waals surface area contributed by atoms with Gasteiger partial charge in [-0.2, -0.15) is 0 Å². The van der Waals surface area contributed by atoms with Crippen molar-refractivity contribution in [1.29, 1.82) is 0 Å². The summed E-state index contributed by atoms with van der Waals surface area (Å²) in [6.07, 6.45) is 0. The van der Waals surface area contributed by atoms with Gasteiger partial charge in [0, 0.05) is 0 Å². The van der Waals surface area contributed by atoms with E-state index in [1.807, 2.05) is 12.1 Å². The summed E-state index contributed by atoms with van der Waals surface area (Å²) in [5.41, 5.74) is 1.84. The highest BCUT2D eigenvalue weighted by Crippen LogP contribution is 2.35. The molecule has 0 saturated carbocycles. The van der Waals surface area contributed by atoms with Crippen molar-refractivity contribution in [3.05, 3.63) is 23.3 Å². The molecule has 0 atom stereocenters. The Labute approximate surface area is 97.0 Å². The van der Waals surface area contributed by atoms with Crippen LogP contribution in [0, 0.1) is 0 Å². The van der Waals surface area contributed by atoms with Crippen LogP contribution in [0.1, 0.15) is 31.9 Å². The Kier molecular flexibility index (Phi) is 3.81. The Morgan fingerprint density at radius 2 is 1.50 bits per heavy atom.